The Bertz CT molecular complexity index is 134. The van der Waals surface area contributed by atoms with Gasteiger partial charge in [0.2, 0.25) is 0 Å². The van der Waals surface area contributed by atoms with Gasteiger partial charge in [-0.1, -0.05) is 19.0 Å². The molecule has 0 heterocycles. The molecule has 5 heteroatoms. The van der Waals surface area contributed by atoms with Crippen LogP contribution in [0.15, 0.2) is 5.18 Å². The van der Waals surface area contributed by atoms with Gasteiger partial charge in [-0.05, 0) is 5.92 Å². The summed E-state index contributed by atoms with van der Waals surface area (Å²) in [6.45, 7) is 3.28. The molecule has 0 saturated carbocycles. The fraction of sp³-hybridized carbons (Fsp3) is 0.800. The van der Waals surface area contributed by atoms with Gasteiger partial charge in [0.1, 0.15) is 0 Å². The number of aliphatic carboxylic acids is 1. The summed E-state index contributed by atoms with van der Waals surface area (Å²) in [5.74, 6) is -1.38. The second-order valence-corrected chi connectivity index (χ2v) is 2.13. The first-order valence-corrected chi connectivity index (χ1v) is 2.65. The molecule has 0 fully saturated rings. The zero-order valence-electron chi connectivity index (χ0n) is 8.07. The smallest absolute Gasteiger partial charge is 1.00 e. The van der Waals surface area contributed by atoms with Gasteiger partial charge in [-0.3, -0.25) is 0 Å². The molecule has 0 aliphatic rings. The topological polar surface area (TPSA) is 66.7 Å². The first-order chi connectivity index (χ1) is 4.09. The van der Waals surface area contributed by atoms with Crippen LogP contribution < -0.4 is 0 Å². The first-order valence-electron chi connectivity index (χ1n) is 2.65. The molecule has 0 spiro atoms. The van der Waals surface area contributed by atoms with Crippen LogP contribution in [0.3, 0.4) is 0 Å². The predicted octanol–water partition coefficient (Wildman–Crippen LogP) is 0.706. The van der Waals surface area contributed by atoms with Crippen LogP contribution >= 0.6 is 0 Å². The van der Waals surface area contributed by atoms with Crippen molar-refractivity contribution in [1.29, 1.82) is 0 Å². The van der Waals surface area contributed by atoms with E-state index in [0.717, 1.165) is 0 Å². The standard InChI is InChI=1S/C5H9NO3.Ca.2H/c1-3(2)4(6-9)5(7)8;;;/h3-4H,1-2H3,(H,7,8);;;/q;+2;2*-1. The Balaban J connectivity index is -0.000000107. The monoisotopic (exact) mass is 173 g/mol. The maximum absolute atomic E-state index is 10.1. The average molecular weight is 173 g/mol. The van der Waals surface area contributed by atoms with Gasteiger partial charge in [0, 0.05) is 0 Å². The van der Waals surface area contributed by atoms with Crippen LogP contribution in [0.25, 0.3) is 0 Å². The maximum Gasteiger partial charge on any atom is 2.00 e. The van der Waals surface area contributed by atoms with E-state index in [9.17, 15) is 9.70 Å². The molecular formula is C5H11CaNO3. The van der Waals surface area contributed by atoms with E-state index in [4.69, 9.17) is 5.11 Å². The van der Waals surface area contributed by atoms with Crippen molar-refractivity contribution in [1.82, 2.24) is 0 Å². The molecule has 0 aromatic rings. The molecule has 0 rings (SSSR count). The number of nitrogens with zero attached hydrogens (tertiary/aromatic N) is 1. The summed E-state index contributed by atoms with van der Waals surface area (Å²) in [4.78, 5) is 19.8. The van der Waals surface area contributed by atoms with Gasteiger partial charge in [0.05, 0.1) is 0 Å². The summed E-state index contributed by atoms with van der Waals surface area (Å²) < 4.78 is 0. The molecule has 0 saturated heterocycles. The third-order valence-corrected chi connectivity index (χ3v) is 0.998. The summed E-state index contributed by atoms with van der Waals surface area (Å²) in [6.07, 6.45) is 0. The van der Waals surface area contributed by atoms with Gasteiger partial charge in [-0.25, -0.2) is 4.79 Å². The average Bonchev–Trinajstić information content (AvgIpc) is 1.64. The Morgan fingerprint density at radius 1 is 1.60 bits per heavy atom. The molecule has 0 aliphatic heterocycles. The zero-order valence-corrected chi connectivity index (χ0v) is 8.28. The molecule has 0 aromatic heterocycles. The van der Waals surface area contributed by atoms with Crippen molar-refractivity contribution >= 4 is 43.7 Å². The second-order valence-electron chi connectivity index (χ2n) is 2.13. The van der Waals surface area contributed by atoms with E-state index in [0.29, 0.717) is 0 Å². The number of nitroso groups, excluding NO2 is 1. The van der Waals surface area contributed by atoms with Crippen LogP contribution in [0, 0.1) is 10.8 Å². The normalized spacial score (nSPS) is 11.9. The Kier molecular flexibility index (Phi) is 7.86. The van der Waals surface area contributed by atoms with Gasteiger partial charge in [0.25, 0.3) is 0 Å². The molecular weight excluding hydrogens is 162 g/mol. The molecule has 0 aliphatic carbocycles. The first kappa shape index (κ1) is 13.0. The minimum Gasteiger partial charge on any atom is -1.00 e. The third kappa shape index (κ3) is 4.19. The largest absolute Gasteiger partial charge is 2.00 e. The van der Waals surface area contributed by atoms with Crippen molar-refractivity contribution in [3.8, 4) is 0 Å². The Labute approximate surface area is 91.9 Å². The maximum atomic E-state index is 10.1. The molecule has 0 radical (unpaired) electrons. The van der Waals surface area contributed by atoms with Crippen LogP contribution in [0.1, 0.15) is 16.7 Å². The molecule has 4 nitrogen and oxygen atoms in total. The van der Waals surface area contributed by atoms with E-state index in [1.165, 1.54) is 0 Å². The molecule has 0 amide bonds. The Morgan fingerprint density at radius 3 is 2.00 bits per heavy atom. The van der Waals surface area contributed by atoms with Gasteiger partial charge in [-0.2, -0.15) is 0 Å². The molecule has 56 valence electrons. The predicted molar refractivity (Wildman–Crippen MR) is 40.0 cm³/mol. The van der Waals surface area contributed by atoms with Crippen molar-refractivity contribution in [2.24, 2.45) is 11.1 Å². The number of hydrogen-bond donors (Lipinski definition) is 1. The molecule has 1 unspecified atom stereocenters. The van der Waals surface area contributed by atoms with Crippen LogP contribution in [0.2, 0.25) is 0 Å². The van der Waals surface area contributed by atoms with Crippen molar-refractivity contribution in [2.75, 3.05) is 0 Å². The zero-order chi connectivity index (χ0) is 7.44. The van der Waals surface area contributed by atoms with Gasteiger partial charge in [0.15, 0.2) is 6.04 Å². The minimum absolute atomic E-state index is 0. The van der Waals surface area contributed by atoms with Crippen LogP contribution in [-0.2, 0) is 4.79 Å². The van der Waals surface area contributed by atoms with Crippen LogP contribution in [0.5, 0.6) is 0 Å². The third-order valence-electron chi connectivity index (χ3n) is 0.998. The fourth-order valence-electron chi connectivity index (χ4n) is 0.452. The Hall–Kier alpha value is 0.330. The van der Waals surface area contributed by atoms with Gasteiger partial charge < -0.3 is 7.96 Å². The summed E-state index contributed by atoms with van der Waals surface area (Å²) in [5.41, 5.74) is 0. The summed E-state index contributed by atoms with van der Waals surface area (Å²) in [6, 6.07) is -1.09. The SMILES string of the molecule is CC(C)C(N=O)C(=O)O.[Ca+2].[H-].[H-]. The summed E-state index contributed by atoms with van der Waals surface area (Å²) >= 11 is 0. The number of rotatable bonds is 3. The Morgan fingerprint density at radius 2 is 2.00 bits per heavy atom. The molecule has 0 aromatic carbocycles. The number of hydrogen-bond acceptors (Lipinski definition) is 3. The van der Waals surface area contributed by atoms with Gasteiger partial charge >= 0.3 is 43.7 Å². The molecule has 0 bridgehead atoms. The number of carboxylic acids is 1. The number of carbonyl (C=O) groups is 1. The second kappa shape index (κ2) is 6.07. The van der Waals surface area contributed by atoms with Crippen LogP contribution in [0.4, 0.5) is 0 Å². The fourth-order valence-corrected chi connectivity index (χ4v) is 0.452. The molecule has 10 heavy (non-hydrogen) atoms. The van der Waals surface area contributed by atoms with Gasteiger partial charge in [-0.15, -0.1) is 4.91 Å². The molecule has 1 atom stereocenters. The van der Waals surface area contributed by atoms with E-state index < -0.39 is 12.0 Å². The van der Waals surface area contributed by atoms with Crippen molar-refractivity contribution in [2.45, 2.75) is 19.9 Å². The van der Waals surface area contributed by atoms with E-state index in [2.05, 4.69) is 5.18 Å². The molecule has 1 N–H and O–H groups in total. The van der Waals surface area contributed by atoms with E-state index in [-0.39, 0.29) is 46.5 Å². The summed E-state index contributed by atoms with van der Waals surface area (Å²) in [7, 11) is 0. The minimum atomic E-state index is -1.15. The van der Waals surface area contributed by atoms with Crippen LogP contribution in [-0.4, -0.2) is 54.9 Å². The quantitative estimate of drug-likeness (QED) is 0.504. The van der Waals surface area contributed by atoms with E-state index in [1.54, 1.807) is 13.8 Å². The van der Waals surface area contributed by atoms with E-state index in [1.807, 2.05) is 0 Å². The van der Waals surface area contributed by atoms with E-state index >= 15 is 0 Å². The number of carboxylic acid groups (broad SMARTS) is 1. The summed E-state index contributed by atoms with van der Waals surface area (Å²) in [5, 5.41) is 10.7. The van der Waals surface area contributed by atoms with Crippen molar-refractivity contribution in [3.63, 3.8) is 0 Å². The van der Waals surface area contributed by atoms with Crippen molar-refractivity contribution < 1.29 is 12.8 Å². The van der Waals surface area contributed by atoms with Crippen molar-refractivity contribution in [3.05, 3.63) is 4.91 Å².